The van der Waals surface area contributed by atoms with Crippen molar-refractivity contribution in [2.24, 2.45) is 0 Å². The number of rotatable bonds is 2. The highest BCUT2D eigenvalue weighted by molar-refractivity contribution is 7.71. The van der Waals surface area contributed by atoms with Crippen LogP contribution in [0.4, 0.5) is 8.78 Å². The van der Waals surface area contributed by atoms with E-state index in [-0.39, 0.29) is 14.8 Å². The molecule has 1 aromatic heterocycles. The van der Waals surface area contributed by atoms with Crippen molar-refractivity contribution in [3.05, 3.63) is 50.7 Å². The Labute approximate surface area is 117 Å². The standard InChI is InChI=1S/C12H6Cl2F2OS/c13-10(14)2-1-6-3-7-4-8(15)5-9(16)11(7)17-12(6)18/h2-5H,1H2. The minimum Gasteiger partial charge on any atom is -0.442 e. The van der Waals surface area contributed by atoms with Crippen LogP contribution in [0.2, 0.25) is 0 Å². The van der Waals surface area contributed by atoms with Crippen molar-refractivity contribution < 1.29 is 13.2 Å². The molecular formula is C12H6Cl2F2OS. The lowest BCUT2D eigenvalue weighted by Gasteiger charge is -2.02. The lowest BCUT2D eigenvalue weighted by molar-refractivity contribution is 0.527. The van der Waals surface area contributed by atoms with Crippen molar-refractivity contribution in [3.8, 4) is 0 Å². The second-order valence-electron chi connectivity index (χ2n) is 3.56. The van der Waals surface area contributed by atoms with Crippen LogP contribution in [0.3, 0.4) is 0 Å². The maximum atomic E-state index is 13.4. The van der Waals surface area contributed by atoms with Gasteiger partial charge in [0, 0.05) is 17.0 Å². The van der Waals surface area contributed by atoms with Gasteiger partial charge in [-0.05, 0) is 36.8 Å². The zero-order chi connectivity index (χ0) is 13.3. The Morgan fingerprint density at radius 2 is 2.00 bits per heavy atom. The predicted molar refractivity (Wildman–Crippen MR) is 70.5 cm³/mol. The highest BCUT2D eigenvalue weighted by atomic mass is 35.5. The average molecular weight is 307 g/mol. The van der Waals surface area contributed by atoms with E-state index in [2.05, 4.69) is 0 Å². The molecule has 94 valence electrons. The summed E-state index contributed by atoms with van der Waals surface area (Å²) in [7, 11) is 0. The quantitative estimate of drug-likeness (QED) is 0.698. The molecule has 0 atom stereocenters. The summed E-state index contributed by atoms with van der Waals surface area (Å²) in [4.78, 5) is 0. The third-order valence-electron chi connectivity index (χ3n) is 2.30. The lowest BCUT2D eigenvalue weighted by Crippen LogP contribution is -1.88. The molecule has 0 amide bonds. The van der Waals surface area contributed by atoms with Crippen LogP contribution in [0.15, 0.2) is 33.2 Å². The fourth-order valence-electron chi connectivity index (χ4n) is 1.53. The molecule has 0 aliphatic carbocycles. The van der Waals surface area contributed by atoms with Gasteiger partial charge in [-0.25, -0.2) is 8.78 Å². The number of allylic oxidation sites excluding steroid dienone is 1. The molecule has 0 saturated carbocycles. The normalized spacial score (nSPS) is 10.7. The number of halogens is 4. The van der Waals surface area contributed by atoms with Gasteiger partial charge < -0.3 is 4.42 Å². The third-order valence-corrected chi connectivity index (χ3v) is 2.95. The van der Waals surface area contributed by atoms with Crippen LogP contribution in [0.5, 0.6) is 0 Å². The summed E-state index contributed by atoms with van der Waals surface area (Å²) >= 11 is 16.0. The van der Waals surface area contributed by atoms with Gasteiger partial charge in [0.15, 0.2) is 16.1 Å². The summed E-state index contributed by atoms with van der Waals surface area (Å²) in [5.74, 6) is -1.46. The van der Waals surface area contributed by atoms with Crippen molar-refractivity contribution in [1.82, 2.24) is 0 Å². The minimum absolute atomic E-state index is 0.0638. The molecule has 0 unspecified atom stereocenters. The molecule has 18 heavy (non-hydrogen) atoms. The van der Waals surface area contributed by atoms with E-state index in [1.165, 1.54) is 12.1 Å². The molecule has 1 heterocycles. The molecule has 0 fully saturated rings. The Morgan fingerprint density at radius 3 is 2.67 bits per heavy atom. The van der Waals surface area contributed by atoms with Crippen LogP contribution in [0, 0.1) is 16.3 Å². The first-order valence-electron chi connectivity index (χ1n) is 4.90. The van der Waals surface area contributed by atoms with Gasteiger partial charge in [0.05, 0.1) is 0 Å². The van der Waals surface area contributed by atoms with E-state index in [1.807, 2.05) is 0 Å². The van der Waals surface area contributed by atoms with Crippen LogP contribution in [-0.2, 0) is 6.42 Å². The summed E-state index contributed by atoms with van der Waals surface area (Å²) in [6, 6.07) is 3.47. The second-order valence-corrected chi connectivity index (χ2v) is 4.94. The summed E-state index contributed by atoms with van der Waals surface area (Å²) in [6.07, 6.45) is 1.85. The van der Waals surface area contributed by atoms with E-state index < -0.39 is 11.6 Å². The molecule has 2 aromatic rings. The second kappa shape index (κ2) is 5.34. The van der Waals surface area contributed by atoms with E-state index in [1.54, 1.807) is 6.07 Å². The Morgan fingerprint density at radius 1 is 1.28 bits per heavy atom. The van der Waals surface area contributed by atoms with Gasteiger partial charge in [0.1, 0.15) is 10.3 Å². The third kappa shape index (κ3) is 2.88. The molecule has 0 aliphatic rings. The maximum absolute atomic E-state index is 13.4. The lowest BCUT2D eigenvalue weighted by atomic mass is 10.1. The first kappa shape index (κ1) is 13.5. The number of fused-ring (bicyclic) bond motifs is 1. The van der Waals surface area contributed by atoms with Crippen molar-refractivity contribution in [1.29, 1.82) is 0 Å². The first-order valence-corrected chi connectivity index (χ1v) is 6.07. The Balaban J connectivity index is 2.61. The van der Waals surface area contributed by atoms with Gasteiger partial charge in [0.2, 0.25) is 0 Å². The first-order chi connectivity index (χ1) is 8.47. The molecule has 0 radical (unpaired) electrons. The molecule has 6 heteroatoms. The van der Waals surface area contributed by atoms with Crippen LogP contribution >= 0.6 is 35.4 Å². The zero-order valence-corrected chi connectivity index (χ0v) is 11.2. The number of hydrogen-bond donors (Lipinski definition) is 0. The Bertz CT molecular complexity index is 690. The van der Waals surface area contributed by atoms with Crippen LogP contribution < -0.4 is 0 Å². The molecule has 0 bridgehead atoms. The highest BCUT2D eigenvalue weighted by Gasteiger charge is 2.08. The SMILES string of the molecule is Fc1cc(F)c2oc(=S)c(CC=C(Cl)Cl)cc2c1. The molecule has 0 N–H and O–H groups in total. The van der Waals surface area contributed by atoms with Gasteiger partial charge in [-0.15, -0.1) is 0 Å². The topological polar surface area (TPSA) is 13.1 Å². The Kier molecular flexibility index (Phi) is 4.00. The summed E-state index contributed by atoms with van der Waals surface area (Å²) < 4.78 is 31.9. The van der Waals surface area contributed by atoms with Gasteiger partial charge in [-0.1, -0.05) is 23.2 Å². The largest absolute Gasteiger partial charge is 0.442 e. The molecule has 0 spiro atoms. The Hall–Kier alpha value is -0.970. The molecule has 1 aromatic carbocycles. The van der Waals surface area contributed by atoms with Crippen molar-refractivity contribution in [2.75, 3.05) is 0 Å². The van der Waals surface area contributed by atoms with E-state index in [0.29, 0.717) is 17.4 Å². The zero-order valence-electron chi connectivity index (χ0n) is 8.84. The van der Waals surface area contributed by atoms with Crippen LogP contribution in [-0.4, -0.2) is 0 Å². The molecule has 0 saturated heterocycles. The summed E-state index contributed by atoms with van der Waals surface area (Å²) in [5.41, 5.74) is 0.521. The summed E-state index contributed by atoms with van der Waals surface area (Å²) in [5, 5.41) is 0.301. The smallest absolute Gasteiger partial charge is 0.194 e. The summed E-state index contributed by atoms with van der Waals surface area (Å²) in [6.45, 7) is 0. The highest BCUT2D eigenvalue weighted by Crippen LogP contribution is 2.23. The molecule has 0 aliphatic heterocycles. The molecular weight excluding hydrogens is 301 g/mol. The van der Waals surface area contributed by atoms with Gasteiger partial charge in [0.25, 0.3) is 0 Å². The van der Waals surface area contributed by atoms with Crippen LogP contribution in [0.25, 0.3) is 11.0 Å². The molecule has 2 rings (SSSR count). The fourth-order valence-corrected chi connectivity index (χ4v) is 1.91. The molecule has 1 nitrogen and oxygen atoms in total. The van der Waals surface area contributed by atoms with Crippen molar-refractivity contribution in [3.63, 3.8) is 0 Å². The van der Waals surface area contributed by atoms with Crippen LogP contribution in [0.1, 0.15) is 5.56 Å². The van der Waals surface area contributed by atoms with E-state index in [4.69, 9.17) is 39.8 Å². The predicted octanol–water partition coefficient (Wildman–Crippen LogP) is 5.30. The monoisotopic (exact) mass is 306 g/mol. The number of benzene rings is 1. The van der Waals surface area contributed by atoms with Gasteiger partial charge in [-0.3, -0.25) is 0 Å². The average Bonchev–Trinajstić information content (AvgIpc) is 2.27. The fraction of sp³-hybridized carbons (Fsp3) is 0.0833. The van der Waals surface area contributed by atoms with E-state index >= 15 is 0 Å². The minimum atomic E-state index is -0.784. The maximum Gasteiger partial charge on any atom is 0.194 e. The number of hydrogen-bond acceptors (Lipinski definition) is 2. The van der Waals surface area contributed by atoms with Crippen molar-refractivity contribution in [2.45, 2.75) is 6.42 Å². The van der Waals surface area contributed by atoms with Gasteiger partial charge in [-0.2, -0.15) is 0 Å². The van der Waals surface area contributed by atoms with Gasteiger partial charge >= 0.3 is 0 Å². The van der Waals surface area contributed by atoms with E-state index in [9.17, 15) is 8.78 Å². The van der Waals surface area contributed by atoms with E-state index in [0.717, 1.165) is 6.07 Å². The van der Waals surface area contributed by atoms with Crippen molar-refractivity contribution >= 4 is 46.4 Å².